The van der Waals surface area contributed by atoms with Crippen molar-refractivity contribution in [1.82, 2.24) is 0 Å². The van der Waals surface area contributed by atoms with Crippen LogP contribution in [0.4, 0.5) is 0 Å². The van der Waals surface area contributed by atoms with Gasteiger partial charge in [-0.25, -0.2) is 0 Å². The average molecular weight is 360 g/mol. The van der Waals surface area contributed by atoms with Crippen molar-refractivity contribution in [3.63, 3.8) is 0 Å². The fourth-order valence-electron chi connectivity index (χ4n) is 6.80. The Morgan fingerprint density at radius 2 is 2.08 bits per heavy atom. The highest BCUT2D eigenvalue weighted by Gasteiger charge is 2.66. The van der Waals surface area contributed by atoms with Crippen molar-refractivity contribution >= 4 is 11.9 Å². The van der Waals surface area contributed by atoms with E-state index in [0.29, 0.717) is 31.1 Å². The molecule has 26 heavy (non-hydrogen) atoms. The molecule has 5 nitrogen and oxygen atoms in total. The van der Waals surface area contributed by atoms with Gasteiger partial charge in [0.1, 0.15) is 5.76 Å². The number of carbonyl (C=O) groups excluding carboxylic acids is 1. The van der Waals surface area contributed by atoms with Gasteiger partial charge >= 0.3 is 11.9 Å². The predicted molar refractivity (Wildman–Crippen MR) is 94.6 cm³/mol. The van der Waals surface area contributed by atoms with Gasteiger partial charge in [0.15, 0.2) is 0 Å². The molecule has 1 aromatic heterocycles. The molecular formula is C21H28O5. The molecule has 0 spiro atoms. The van der Waals surface area contributed by atoms with Gasteiger partial charge in [-0.3, -0.25) is 9.59 Å². The number of rotatable bonds is 2. The summed E-state index contributed by atoms with van der Waals surface area (Å²) in [5.74, 6) is 0.391. The Labute approximate surface area is 154 Å². The van der Waals surface area contributed by atoms with Gasteiger partial charge in [0, 0.05) is 6.42 Å². The topological polar surface area (TPSA) is 76.7 Å². The van der Waals surface area contributed by atoms with Crippen molar-refractivity contribution in [3.8, 4) is 0 Å². The Bertz CT molecular complexity index is 737. The van der Waals surface area contributed by atoms with Gasteiger partial charge in [0.05, 0.1) is 24.2 Å². The van der Waals surface area contributed by atoms with Crippen molar-refractivity contribution in [2.45, 2.75) is 58.3 Å². The molecule has 5 heteroatoms. The Hall–Kier alpha value is -1.78. The van der Waals surface area contributed by atoms with E-state index in [2.05, 4.69) is 6.92 Å². The second kappa shape index (κ2) is 5.86. The van der Waals surface area contributed by atoms with Gasteiger partial charge in [-0.15, -0.1) is 0 Å². The molecule has 0 radical (unpaired) electrons. The van der Waals surface area contributed by atoms with E-state index in [1.54, 1.807) is 6.26 Å². The zero-order valence-corrected chi connectivity index (χ0v) is 15.8. The first-order valence-corrected chi connectivity index (χ1v) is 9.74. The van der Waals surface area contributed by atoms with Crippen molar-refractivity contribution in [2.24, 2.45) is 28.6 Å². The van der Waals surface area contributed by atoms with Gasteiger partial charge in [-0.2, -0.15) is 0 Å². The van der Waals surface area contributed by atoms with Gasteiger partial charge in [-0.05, 0) is 67.9 Å². The number of aliphatic carboxylic acids is 1. The number of hydrogen-bond donors (Lipinski definition) is 1. The zero-order valence-electron chi connectivity index (χ0n) is 15.8. The molecule has 1 heterocycles. The second-order valence-electron chi connectivity index (χ2n) is 8.80. The summed E-state index contributed by atoms with van der Waals surface area (Å²) >= 11 is 0. The van der Waals surface area contributed by atoms with E-state index in [1.165, 1.54) is 12.7 Å². The summed E-state index contributed by atoms with van der Waals surface area (Å²) in [5.41, 5.74) is -0.358. The van der Waals surface area contributed by atoms with Crippen LogP contribution in [0.15, 0.2) is 16.7 Å². The van der Waals surface area contributed by atoms with Crippen LogP contribution in [0, 0.1) is 28.6 Å². The maximum Gasteiger partial charge on any atom is 0.311 e. The molecule has 0 aromatic carbocycles. The third-order valence-electron chi connectivity index (χ3n) is 8.01. The molecule has 142 valence electrons. The van der Waals surface area contributed by atoms with Crippen molar-refractivity contribution in [1.29, 1.82) is 0 Å². The van der Waals surface area contributed by atoms with E-state index >= 15 is 0 Å². The van der Waals surface area contributed by atoms with Crippen LogP contribution in [0.5, 0.6) is 0 Å². The lowest BCUT2D eigenvalue weighted by molar-refractivity contribution is -0.192. The van der Waals surface area contributed by atoms with E-state index < -0.39 is 16.8 Å². The summed E-state index contributed by atoms with van der Waals surface area (Å²) in [4.78, 5) is 25.4. The van der Waals surface area contributed by atoms with Crippen LogP contribution in [0.25, 0.3) is 0 Å². The summed E-state index contributed by atoms with van der Waals surface area (Å²) in [7, 11) is 1.41. The van der Waals surface area contributed by atoms with Gasteiger partial charge in [-0.1, -0.05) is 13.3 Å². The lowest BCUT2D eigenvalue weighted by Crippen LogP contribution is -2.61. The third-order valence-corrected chi connectivity index (χ3v) is 8.01. The van der Waals surface area contributed by atoms with Crippen molar-refractivity contribution in [2.75, 3.05) is 7.11 Å². The average Bonchev–Trinajstić information content (AvgIpc) is 3.10. The van der Waals surface area contributed by atoms with Crippen LogP contribution in [-0.4, -0.2) is 24.2 Å². The number of carbonyl (C=O) groups is 2. The van der Waals surface area contributed by atoms with E-state index in [4.69, 9.17) is 9.15 Å². The predicted octanol–water partition coefficient (Wildman–Crippen LogP) is 4.02. The van der Waals surface area contributed by atoms with Crippen molar-refractivity contribution < 1.29 is 23.8 Å². The number of methoxy groups -OCH3 is 1. The summed E-state index contributed by atoms with van der Waals surface area (Å²) < 4.78 is 10.8. The summed E-state index contributed by atoms with van der Waals surface area (Å²) in [6.45, 7) is 4.12. The minimum absolute atomic E-state index is 0.0108. The van der Waals surface area contributed by atoms with Crippen LogP contribution < -0.4 is 0 Å². The van der Waals surface area contributed by atoms with Gasteiger partial charge in [0.25, 0.3) is 0 Å². The normalized spacial score (nSPS) is 41.5. The standard InChI is InChI=1S/C21H28O5/c1-12-13-5-6-17-20(2,19(24)25-3)8-4-9-21(17,18(22)23)15(13)11-16-14(12)7-10-26-16/h7,10,12-13,15,17H,4-6,8-9,11H2,1-3H3,(H,22,23)/t12-,13+,15+,17+,20+,21+/m1/s1. The molecule has 0 unspecified atom stereocenters. The molecule has 3 aliphatic carbocycles. The van der Waals surface area contributed by atoms with E-state index in [-0.39, 0.29) is 17.8 Å². The summed E-state index contributed by atoms with van der Waals surface area (Å²) in [6, 6.07) is 2.04. The molecule has 0 saturated heterocycles. The largest absolute Gasteiger partial charge is 0.481 e. The molecule has 0 bridgehead atoms. The fourth-order valence-corrected chi connectivity index (χ4v) is 6.80. The zero-order chi connectivity index (χ0) is 18.7. The maximum atomic E-state index is 12.7. The van der Waals surface area contributed by atoms with Crippen LogP contribution >= 0.6 is 0 Å². The maximum absolute atomic E-state index is 12.7. The van der Waals surface area contributed by atoms with Crippen LogP contribution in [-0.2, 0) is 20.7 Å². The highest BCUT2D eigenvalue weighted by molar-refractivity contribution is 5.82. The number of ether oxygens (including phenoxy) is 1. The Morgan fingerprint density at radius 1 is 1.31 bits per heavy atom. The number of fused-ring (bicyclic) bond motifs is 4. The molecular weight excluding hydrogens is 332 g/mol. The number of furan rings is 1. The molecule has 3 aliphatic rings. The summed E-state index contributed by atoms with van der Waals surface area (Å²) in [6.07, 6.45) is 6.22. The molecule has 0 amide bonds. The molecule has 0 aliphatic heterocycles. The second-order valence-corrected chi connectivity index (χ2v) is 8.80. The minimum atomic E-state index is -0.872. The molecule has 4 rings (SSSR count). The van der Waals surface area contributed by atoms with Crippen LogP contribution in [0.1, 0.15) is 63.2 Å². The van der Waals surface area contributed by atoms with Gasteiger partial charge in [0.2, 0.25) is 0 Å². The molecule has 6 atom stereocenters. The minimum Gasteiger partial charge on any atom is -0.481 e. The molecule has 1 N–H and O–H groups in total. The fraction of sp³-hybridized carbons (Fsp3) is 0.714. The van der Waals surface area contributed by atoms with E-state index in [9.17, 15) is 14.7 Å². The van der Waals surface area contributed by atoms with E-state index in [1.807, 2.05) is 13.0 Å². The van der Waals surface area contributed by atoms with Gasteiger partial charge < -0.3 is 14.3 Å². The lowest BCUT2D eigenvalue weighted by atomic mass is 9.42. The van der Waals surface area contributed by atoms with Crippen LogP contribution in [0.2, 0.25) is 0 Å². The van der Waals surface area contributed by atoms with Crippen molar-refractivity contribution in [3.05, 3.63) is 23.7 Å². The molecule has 1 aromatic rings. The summed E-state index contributed by atoms with van der Waals surface area (Å²) in [5, 5.41) is 10.5. The number of carboxylic acids is 1. The third kappa shape index (κ3) is 2.09. The smallest absolute Gasteiger partial charge is 0.311 e. The van der Waals surface area contributed by atoms with E-state index in [0.717, 1.165) is 25.0 Å². The Balaban J connectivity index is 1.83. The highest BCUT2D eigenvalue weighted by atomic mass is 16.5. The number of esters is 1. The first kappa shape index (κ1) is 17.6. The lowest BCUT2D eigenvalue weighted by Gasteiger charge is -2.59. The Kier molecular flexibility index (Phi) is 3.97. The molecule has 2 saturated carbocycles. The highest BCUT2D eigenvalue weighted by Crippen LogP contribution is 2.65. The number of carboxylic acid groups (broad SMARTS) is 1. The quantitative estimate of drug-likeness (QED) is 0.806. The SMILES string of the molecule is COC(=O)[C@@]1(C)CCC[C@@]2(C(=O)O)[C@H]1CC[C@H]1[C@@H](C)c3ccoc3C[C@@H]12. The first-order valence-electron chi connectivity index (χ1n) is 9.74. The Morgan fingerprint density at radius 3 is 2.77 bits per heavy atom. The monoisotopic (exact) mass is 360 g/mol. The molecule has 2 fully saturated rings. The van der Waals surface area contributed by atoms with Crippen LogP contribution in [0.3, 0.4) is 0 Å². The number of hydrogen-bond acceptors (Lipinski definition) is 4. The first-order chi connectivity index (χ1) is 12.4.